The topological polar surface area (TPSA) is 90.4 Å². The number of aryl methyl sites for hydroxylation is 1. The number of hydrogen-bond acceptors (Lipinski definition) is 6. The highest BCUT2D eigenvalue weighted by atomic mass is 16.3. The summed E-state index contributed by atoms with van der Waals surface area (Å²) in [4.78, 5) is 6.52. The molecule has 2 aromatic heterocycles. The summed E-state index contributed by atoms with van der Waals surface area (Å²) in [7, 11) is 0. The summed E-state index contributed by atoms with van der Waals surface area (Å²) in [5, 5.41) is 27.0. The maximum atomic E-state index is 10.7. The molecule has 1 aliphatic heterocycles. The summed E-state index contributed by atoms with van der Waals surface area (Å²) in [5.41, 5.74) is 3.70. The van der Waals surface area contributed by atoms with E-state index < -0.39 is 0 Å². The van der Waals surface area contributed by atoms with Gasteiger partial charge in [0.15, 0.2) is 5.65 Å². The number of benzene rings is 1. The number of fused-ring (bicyclic) bond motifs is 1. The molecule has 30 heavy (non-hydrogen) atoms. The van der Waals surface area contributed by atoms with Gasteiger partial charge in [0.1, 0.15) is 17.4 Å². The molecular weight excluding hydrogens is 378 g/mol. The number of pyridine rings is 1. The molecule has 154 valence electrons. The minimum absolute atomic E-state index is 0.121. The largest absolute Gasteiger partial charge is 0.507 e. The Morgan fingerprint density at radius 1 is 1.17 bits per heavy atom. The number of amidine groups is 1. The molecule has 0 aliphatic carbocycles. The van der Waals surface area contributed by atoms with Gasteiger partial charge in [-0.2, -0.15) is 5.10 Å². The zero-order valence-corrected chi connectivity index (χ0v) is 17.2. The van der Waals surface area contributed by atoms with E-state index in [1.54, 1.807) is 16.7 Å². The molecule has 0 radical (unpaired) electrons. The van der Waals surface area contributed by atoms with Gasteiger partial charge >= 0.3 is 0 Å². The van der Waals surface area contributed by atoms with Crippen molar-refractivity contribution in [1.29, 1.82) is 0 Å². The fourth-order valence-electron chi connectivity index (χ4n) is 3.48. The van der Waals surface area contributed by atoms with Crippen LogP contribution in [0.15, 0.2) is 59.4 Å². The van der Waals surface area contributed by atoms with Crippen LogP contribution in [0.5, 0.6) is 5.75 Å². The lowest BCUT2D eigenvalue weighted by molar-refractivity contribution is 0.355. The van der Waals surface area contributed by atoms with Crippen LogP contribution < -0.4 is 5.32 Å². The molecule has 1 aromatic carbocycles. The van der Waals surface area contributed by atoms with E-state index >= 15 is 0 Å². The summed E-state index contributed by atoms with van der Waals surface area (Å²) in [6, 6.07) is 9.35. The monoisotopic (exact) mass is 403 g/mol. The molecule has 1 fully saturated rings. The van der Waals surface area contributed by atoms with Gasteiger partial charge in [-0.15, -0.1) is 10.2 Å². The third-order valence-corrected chi connectivity index (χ3v) is 5.11. The van der Waals surface area contributed by atoms with E-state index in [4.69, 9.17) is 0 Å². The average molecular weight is 403 g/mol. The molecule has 3 aromatic rings. The third kappa shape index (κ3) is 4.08. The van der Waals surface area contributed by atoms with Gasteiger partial charge in [0, 0.05) is 43.5 Å². The maximum Gasteiger partial charge on any atom is 0.155 e. The van der Waals surface area contributed by atoms with Crippen LogP contribution in [0.3, 0.4) is 0 Å². The molecule has 0 atom stereocenters. The lowest BCUT2D eigenvalue weighted by Crippen LogP contribution is -2.45. The van der Waals surface area contributed by atoms with Crippen molar-refractivity contribution >= 4 is 17.2 Å². The van der Waals surface area contributed by atoms with Crippen molar-refractivity contribution in [2.45, 2.75) is 13.8 Å². The van der Waals surface area contributed by atoms with Crippen LogP contribution in [0.1, 0.15) is 18.3 Å². The molecule has 0 unspecified atom stereocenters. The van der Waals surface area contributed by atoms with Crippen LogP contribution in [0.25, 0.3) is 16.8 Å². The van der Waals surface area contributed by atoms with Crippen molar-refractivity contribution in [3.8, 4) is 16.9 Å². The van der Waals surface area contributed by atoms with Gasteiger partial charge in [0.2, 0.25) is 0 Å². The van der Waals surface area contributed by atoms with Gasteiger partial charge in [-0.05, 0) is 49.8 Å². The highest BCUT2D eigenvalue weighted by Gasteiger charge is 2.12. The molecule has 0 spiro atoms. The second kappa shape index (κ2) is 8.46. The Morgan fingerprint density at radius 2 is 1.93 bits per heavy atom. The fraction of sp³-hybridized carbons (Fsp3) is 0.273. The summed E-state index contributed by atoms with van der Waals surface area (Å²) < 4.78 is 1.74. The Balaban J connectivity index is 1.61. The van der Waals surface area contributed by atoms with Crippen LogP contribution in [0.4, 0.5) is 0 Å². The first-order valence-electron chi connectivity index (χ1n) is 9.92. The lowest BCUT2D eigenvalue weighted by atomic mass is 10.0. The summed E-state index contributed by atoms with van der Waals surface area (Å²) in [6.45, 7) is 11.3. The zero-order chi connectivity index (χ0) is 21.1. The van der Waals surface area contributed by atoms with E-state index in [0.29, 0.717) is 17.1 Å². The van der Waals surface area contributed by atoms with Crippen molar-refractivity contribution in [2.24, 2.45) is 10.2 Å². The van der Waals surface area contributed by atoms with Crippen LogP contribution >= 0.6 is 0 Å². The van der Waals surface area contributed by atoms with E-state index in [-0.39, 0.29) is 5.75 Å². The minimum atomic E-state index is 0.121. The maximum absolute atomic E-state index is 10.7. The Hall–Kier alpha value is -3.52. The molecule has 1 aliphatic rings. The molecule has 0 bridgehead atoms. The fourth-order valence-corrected chi connectivity index (χ4v) is 3.48. The molecular formula is C22H25N7O. The molecule has 1 saturated heterocycles. The quantitative estimate of drug-likeness (QED) is 0.397. The lowest BCUT2D eigenvalue weighted by Gasteiger charge is -2.28. The highest BCUT2D eigenvalue weighted by Crippen LogP contribution is 2.27. The number of phenolic OH excluding ortho intramolecular Hbond substituents is 1. The molecule has 0 saturated carbocycles. The van der Waals surface area contributed by atoms with Gasteiger partial charge < -0.3 is 15.3 Å². The van der Waals surface area contributed by atoms with E-state index in [2.05, 4.69) is 37.1 Å². The van der Waals surface area contributed by atoms with Gasteiger partial charge in [0.25, 0.3) is 0 Å². The average Bonchev–Trinajstić information content (AvgIpc) is 3.14. The van der Waals surface area contributed by atoms with Gasteiger partial charge in [-0.25, -0.2) is 9.50 Å². The van der Waals surface area contributed by atoms with E-state index in [0.717, 1.165) is 48.8 Å². The van der Waals surface area contributed by atoms with Crippen LogP contribution in [-0.2, 0) is 0 Å². The number of rotatable bonds is 4. The number of allylic oxidation sites excluding steroid dienone is 1. The van der Waals surface area contributed by atoms with Crippen LogP contribution in [0.2, 0.25) is 0 Å². The van der Waals surface area contributed by atoms with Gasteiger partial charge in [0.05, 0.1) is 5.71 Å². The molecule has 4 rings (SSSR count). The van der Waals surface area contributed by atoms with E-state index in [1.807, 2.05) is 44.3 Å². The Morgan fingerprint density at radius 3 is 2.67 bits per heavy atom. The Kier molecular flexibility index (Phi) is 5.58. The van der Waals surface area contributed by atoms with Crippen molar-refractivity contribution < 1.29 is 5.11 Å². The van der Waals surface area contributed by atoms with Crippen LogP contribution in [0, 0.1) is 6.92 Å². The number of aromatic hydroxyl groups is 1. The predicted molar refractivity (Wildman–Crippen MR) is 119 cm³/mol. The molecule has 0 amide bonds. The second-order valence-corrected chi connectivity index (χ2v) is 7.19. The molecule has 2 N–H and O–H groups in total. The molecule has 8 heteroatoms. The standard InChI is InChI=1S/C22H25N7O/c1-4-20(26-25-16(3)28-11-9-23-10-12-28)19-7-5-17(13-21(19)30)18-6-8-22-24-15(2)27-29(22)14-18/h4-8,13-14,23,30H,1,9-12H2,2-3H3/b25-16+,26-20+. The smallest absolute Gasteiger partial charge is 0.155 e. The summed E-state index contributed by atoms with van der Waals surface area (Å²) >= 11 is 0. The van der Waals surface area contributed by atoms with Gasteiger partial charge in [-0.1, -0.05) is 12.6 Å². The zero-order valence-electron chi connectivity index (χ0n) is 17.2. The summed E-state index contributed by atoms with van der Waals surface area (Å²) in [6.07, 6.45) is 3.50. The van der Waals surface area contributed by atoms with Crippen molar-refractivity contribution in [1.82, 2.24) is 24.8 Å². The van der Waals surface area contributed by atoms with Gasteiger partial charge in [-0.3, -0.25) is 0 Å². The first kappa shape index (κ1) is 19.8. The van der Waals surface area contributed by atoms with Crippen molar-refractivity contribution in [2.75, 3.05) is 26.2 Å². The number of hydrogen-bond donors (Lipinski definition) is 2. The first-order valence-corrected chi connectivity index (χ1v) is 9.92. The van der Waals surface area contributed by atoms with E-state index in [9.17, 15) is 5.11 Å². The Bertz CT molecular complexity index is 1140. The Labute approximate surface area is 175 Å². The predicted octanol–water partition coefficient (Wildman–Crippen LogP) is 2.62. The highest BCUT2D eigenvalue weighted by molar-refractivity contribution is 6.10. The molecule has 3 heterocycles. The number of piperazine rings is 1. The van der Waals surface area contributed by atoms with Crippen molar-refractivity contribution in [3.05, 3.63) is 60.6 Å². The van der Waals surface area contributed by atoms with E-state index in [1.165, 1.54) is 0 Å². The number of phenols is 1. The van der Waals surface area contributed by atoms with Crippen molar-refractivity contribution in [3.63, 3.8) is 0 Å². The number of nitrogens with one attached hydrogen (secondary N) is 1. The summed E-state index contributed by atoms with van der Waals surface area (Å²) in [5.74, 6) is 1.69. The SMILES string of the molecule is C=C/C(=N\N=C(/C)N1CCNCC1)c1ccc(-c2ccc3nc(C)nn3c2)cc1O. The second-order valence-electron chi connectivity index (χ2n) is 7.19. The number of aromatic nitrogens is 3. The third-order valence-electron chi connectivity index (χ3n) is 5.11. The first-order chi connectivity index (χ1) is 14.5. The number of nitrogens with zero attached hydrogens (tertiary/aromatic N) is 6. The molecule has 8 nitrogen and oxygen atoms in total. The van der Waals surface area contributed by atoms with Crippen LogP contribution in [-0.4, -0.2) is 62.3 Å². The minimum Gasteiger partial charge on any atom is -0.507 e. The normalized spacial score (nSPS) is 15.6.